The van der Waals surface area contributed by atoms with E-state index in [0.717, 1.165) is 24.3 Å². The SMILES string of the molecule is COc1ccc2c(c1)C(Nc1ccc(Cl)c(Cl)c1)CC2. The highest BCUT2D eigenvalue weighted by Crippen LogP contribution is 2.37. The summed E-state index contributed by atoms with van der Waals surface area (Å²) in [5.74, 6) is 0.895. The fourth-order valence-corrected chi connectivity index (χ4v) is 2.94. The van der Waals surface area contributed by atoms with Crippen molar-refractivity contribution >= 4 is 28.9 Å². The van der Waals surface area contributed by atoms with Crippen LogP contribution in [-0.4, -0.2) is 7.11 Å². The largest absolute Gasteiger partial charge is 0.497 e. The maximum atomic E-state index is 6.06. The summed E-state index contributed by atoms with van der Waals surface area (Å²) < 4.78 is 5.31. The van der Waals surface area contributed by atoms with Gasteiger partial charge in [-0.3, -0.25) is 0 Å². The van der Waals surface area contributed by atoms with Gasteiger partial charge in [-0.25, -0.2) is 0 Å². The minimum atomic E-state index is 0.289. The van der Waals surface area contributed by atoms with Gasteiger partial charge in [0.25, 0.3) is 0 Å². The number of aryl methyl sites for hydroxylation is 1. The number of fused-ring (bicyclic) bond motifs is 1. The van der Waals surface area contributed by atoms with Gasteiger partial charge in [-0.15, -0.1) is 0 Å². The molecule has 0 radical (unpaired) electrons. The van der Waals surface area contributed by atoms with Crippen molar-refractivity contribution in [2.24, 2.45) is 0 Å². The first-order valence-electron chi connectivity index (χ1n) is 6.56. The minimum Gasteiger partial charge on any atom is -0.497 e. The van der Waals surface area contributed by atoms with Gasteiger partial charge in [-0.2, -0.15) is 0 Å². The van der Waals surface area contributed by atoms with Gasteiger partial charge in [0.1, 0.15) is 5.75 Å². The van der Waals surface area contributed by atoms with Crippen LogP contribution in [0.1, 0.15) is 23.6 Å². The van der Waals surface area contributed by atoms with E-state index in [4.69, 9.17) is 27.9 Å². The van der Waals surface area contributed by atoms with Gasteiger partial charge in [0.2, 0.25) is 0 Å². The summed E-state index contributed by atoms with van der Waals surface area (Å²) in [7, 11) is 1.69. The van der Waals surface area contributed by atoms with Crippen LogP contribution in [0, 0.1) is 0 Å². The third-order valence-corrected chi connectivity index (χ3v) is 4.43. The Hall–Kier alpha value is -1.38. The van der Waals surface area contributed by atoms with E-state index in [9.17, 15) is 0 Å². The molecule has 0 amide bonds. The summed E-state index contributed by atoms with van der Waals surface area (Å²) >= 11 is 12.0. The van der Waals surface area contributed by atoms with Crippen molar-refractivity contribution < 1.29 is 4.74 Å². The summed E-state index contributed by atoms with van der Waals surface area (Å²) in [5.41, 5.74) is 3.67. The van der Waals surface area contributed by atoms with Crippen LogP contribution in [0.15, 0.2) is 36.4 Å². The average molecular weight is 308 g/mol. The normalized spacial score (nSPS) is 16.9. The van der Waals surface area contributed by atoms with Gasteiger partial charge in [-0.05, 0) is 54.3 Å². The zero-order valence-electron chi connectivity index (χ0n) is 11.1. The van der Waals surface area contributed by atoms with Gasteiger partial charge < -0.3 is 10.1 Å². The molecule has 1 N–H and O–H groups in total. The Morgan fingerprint density at radius 3 is 2.70 bits per heavy atom. The standard InChI is InChI=1S/C16H15Cl2NO/c1-20-12-5-2-10-3-7-16(13(10)9-12)19-11-4-6-14(17)15(18)8-11/h2,4-6,8-9,16,19H,3,7H2,1H3. The average Bonchev–Trinajstić information content (AvgIpc) is 2.85. The van der Waals surface area contributed by atoms with E-state index < -0.39 is 0 Å². The summed E-state index contributed by atoms with van der Waals surface area (Å²) in [6.45, 7) is 0. The first kappa shape index (κ1) is 13.6. The Labute approximate surface area is 128 Å². The summed E-state index contributed by atoms with van der Waals surface area (Å²) in [6.07, 6.45) is 2.15. The summed E-state index contributed by atoms with van der Waals surface area (Å²) in [6, 6.07) is 12.2. The highest BCUT2D eigenvalue weighted by molar-refractivity contribution is 6.42. The number of hydrogen-bond acceptors (Lipinski definition) is 2. The first-order valence-corrected chi connectivity index (χ1v) is 7.31. The molecule has 1 atom stereocenters. The van der Waals surface area contributed by atoms with E-state index >= 15 is 0 Å². The van der Waals surface area contributed by atoms with Crippen LogP contribution in [-0.2, 0) is 6.42 Å². The van der Waals surface area contributed by atoms with Crippen LogP contribution in [0.3, 0.4) is 0 Å². The molecule has 0 saturated heterocycles. The molecule has 0 aromatic heterocycles. The minimum absolute atomic E-state index is 0.289. The molecule has 2 aromatic rings. The molecule has 0 heterocycles. The highest BCUT2D eigenvalue weighted by Gasteiger charge is 2.22. The lowest BCUT2D eigenvalue weighted by Gasteiger charge is -2.16. The van der Waals surface area contributed by atoms with Crippen LogP contribution in [0.4, 0.5) is 5.69 Å². The molecule has 2 nitrogen and oxygen atoms in total. The van der Waals surface area contributed by atoms with Crippen LogP contribution < -0.4 is 10.1 Å². The molecular formula is C16H15Cl2NO. The monoisotopic (exact) mass is 307 g/mol. The molecule has 0 bridgehead atoms. The fourth-order valence-electron chi connectivity index (χ4n) is 2.64. The lowest BCUT2D eigenvalue weighted by molar-refractivity contribution is 0.414. The molecule has 0 aliphatic heterocycles. The van der Waals surface area contributed by atoms with E-state index in [0.29, 0.717) is 10.0 Å². The zero-order chi connectivity index (χ0) is 14.1. The molecule has 20 heavy (non-hydrogen) atoms. The van der Waals surface area contributed by atoms with E-state index in [1.165, 1.54) is 11.1 Å². The lowest BCUT2D eigenvalue weighted by atomic mass is 10.1. The number of ether oxygens (including phenoxy) is 1. The van der Waals surface area contributed by atoms with Crippen LogP contribution in [0.25, 0.3) is 0 Å². The number of hydrogen-bond donors (Lipinski definition) is 1. The smallest absolute Gasteiger partial charge is 0.119 e. The van der Waals surface area contributed by atoms with Crippen molar-refractivity contribution in [3.05, 3.63) is 57.6 Å². The first-order chi connectivity index (χ1) is 9.67. The van der Waals surface area contributed by atoms with Crippen molar-refractivity contribution in [1.82, 2.24) is 0 Å². The van der Waals surface area contributed by atoms with Gasteiger partial charge in [0.15, 0.2) is 0 Å². The Bertz CT molecular complexity index is 642. The number of nitrogens with one attached hydrogen (secondary N) is 1. The Kier molecular flexibility index (Phi) is 3.77. The molecule has 0 saturated carbocycles. The quantitative estimate of drug-likeness (QED) is 0.851. The molecule has 3 rings (SSSR count). The molecule has 1 aliphatic rings. The molecule has 0 spiro atoms. The van der Waals surface area contributed by atoms with Gasteiger partial charge >= 0.3 is 0 Å². The van der Waals surface area contributed by atoms with Crippen LogP contribution >= 0.6 is 23.2 Å². The number of halogens is 2. The second-order valence-corrected chi connectivity index (χ2v) is 5.74. The molecule has 4 heteroatoms. The summed E-state index contributed by atoms with van der Waals surface area (Å²) in [5, 5.41) is 4.66. The molecule has 2 aromatic carbocycles. The van der Waals surface area contributed by atoms with Crippen LogP contribution in [0.2, 0.25) is 10.0 Å². The van der Waals surface area contributed by atoms with Crippen molar-refractivity contribution in [1.29, 1.82) is 0 Å². The molecule has 1 unspecified atom stereocenters. The van der Waals surface area contributed by atoms with Crippen molar-refractivity contribution in [2.75, 3.05) is 12.4 Å². The molecule has 1 aliphatic carbocycles. The molecular weight excluding hydrogens is 293 g/mol. The van der Waals surface area contributed by atoms with Crippen LogP contribution in [0.5, 0.6) is 5.75 Å². The Morgan fingerprint density at radius 1 is 1.10 bits per heavy atom. The number of anilines is 1. The van der Waals surface area contributed by atoms with E-state index in [-0.39, 0.29) is 6.04 Å². The molecule has 104 valence electrons. The lowest BCUT2D eigenvalue weighted by Crippen LogP contribution is -2.07. The van der Waals surface area contributed by atoms with E-state index in [1.54, 1.807) is 7.11 Å². The Morgan fingerprint density at radius 2 is 1.95 bits per heavy atom. The van der Waals surface area contributed by atoms with Crippen molar-refractivity contribution in [3.8, 4) is 5.75 Å². The van der Waals surface area contributed by atoms with Gasteiger partial charge in [0, 0.05) is 5.69 Å². The maximum absolute atomic E-state index is 6.06. The second kappa shape index (κ2) is 5.55. The Balaban J connectivity index is 1.85. The number of methoxy groups -OCH3 is 1. The summed E-state index contributed by atoms with van der Waals surface area (Å²) in [4.78, 5) is 0. The highest BCUT2D eigenvalue weighted by atomic mass is 35.5. The third kappa shape index (κ3) is 2.58. The number of benzene rings is 2. The number of rotatable bonds is 3. The fraction of sp³-hybridized carbons (Fsp3) is 0.250. The van der Waals surface area contributed by atoms with E-state index in [2.05, 4.69) is 17.4 Å². The second-order valence-electron chi connectivity index (χ2n) is 4.93. The van der Waals surface area contributed by atoms with Gasteiger partial charge in [-0.1, -0.05) is 29.3 Å². The van der Waals surface area contributed by atoms with E-state index in [1.807, 2.05) is 24.3 Å². The third-order valence-electron chi connectivity index (χ3n) is 3.69. The predicted octanol–water partition coefficient (Wildman–Crippen LogP) is 5.10. The predicted molar refractivity (Wildman–Crippen MR) is 84.1 cm³/mol. The van der Waals surface area contributed by atoms with Gasteiger partial charge in [0.05, 0.1) is 23.2 Å². The maximum Gasteiger partial charge on any atom is 0.119 e. The molecule has 0 fully saturated rings. The van der Waals surface area contributed by atoms with Crippen molar-refractivity contribution in [3.63, 3.8) is 0 Å². The topological polar surface area (TPSA) is 21.3 Å². The zero-order valence-corrected chi connectivity index (χ0v) is 12.6. The van der Waals surface area contributed by atoms with Crippen molar-refractivity contribution in [2.45, 2.75) is 18.9 Å².